The molecular weight excluding hydrogens is 240 g/mol. The summed E-state index contributed by atoms with van der Waals surface area (Å²) in [4.78, 5) is 0. The Labute approximate surface area is 118 Å². The van der Waals surface area contributed by atoms with Crippen LogP contribution < -0.4 is 0 Å². The molecule has 0 aliphatic rings. The van der Waals surface area contributed by atoms with Crippen molar-refractivity contribution in [3.05, 3.63) is 24.0 Å². The molecule has 112 valence electrons. The zero-order valence-electron chi connectivity index (χ0n) is 13.4. The summed E-state index contributed by atoms with van der Waals surface area (Å²) in [7, 11) is 0. The maximum absolute atomic E-state index is 5.90. The second-order valence-electron chi connectivity index (χ2n) is 5.14. The Hall–Kier alpha value is -1.12. The lowest BCUT2D eigenvalue weighted by atomic mass is 10.3. The maximum Gasteiger partial charge on any atom is 0.138 e. The molecule has 0 radical (unpaired) electrons. The molecule has 3 nitrogen and oxygen atoms in total. The van der Waals surface area contributed by atoms with Gasteiger partial charge in [-0.2, -0.15) is 0 Å². The Morgan fingerprint density at radius 2 is 1.16 bits per heavy atom. The van der Waals surface area contributed by atoms with Crippen molar-refractivity contribution in [1.82, 2.24) is 0 Å². The molecule has 0 bridgehead atoms. The summed E-state index contributed by atoms with van der Waals surface area (Å²) in [6.07, 6.45) is 7.59. The van der Waals surface area contributed by atoms with E-state index in [1.165, 1.54) is 0 Å². The Bertz CT molecular complexity index is 250. The molecular formula is C16H30O3. The number of allylic oxidation sites excluding steroid dienone is 2. The van der Waals surface area contributed by atoms with Crippen molar-refractivity contribution in [3.8, 4) is 0 Å². The molecule has 0 spiro atoms. The van der Waals surface area contributed by atoms with Crippen LogP contribution in [0.5, 0.6) is 0 Å². The number of hydrogen-bond acceptors (Lipinski definition) is 3. The summed E-state index contributed by atoms with van der Waals surface area (Å²) >= 11 is 0. The highest BCUT2D eigenvalue weighted by atomic mass is 16.5. The molecule has 0 aliphatic carbocycles. The molecule has 0 unspecified atom stereocenters. The molecule has 0 aliphatic heterocycles. The third-order valence-corrected chi connectivity index (χ3v) is 2.20. The third-order valence-electron chi connectivity index (χ3n) is 2.20. The van der Waals surface area contributed by atoms with Crippen LogP contribution >= 0.6 is 0 Å². The predicted molar refractivity (Wildman–Crippen MR) is 79.5 cm³/mol. The van der Waals surface area contributed by atoms with Crippen LogP contribution in [0.2, 0.25) is 0 Å². The molecule has 0 fully saturated rings. The fourth-order valence-electron chi connectivity index (χ4n) is 1.35. The maximum atomic E-state index is 5.90. The van der Waals surface area contributed by atoms with Crippen LogP contribution in [0.15, 0.2) is 24.0 Å². The molecule has 0 saturated carbocycles. The van der Waals surface area contributed by atoms with Gasteiger partial charge in [0.15, 0.2) is 0 Å². The molecule has 19 heavy (non-hydrogen) atoms. The molecule has 0 heterocycles. The smallest absolute Gasteiger partial charge is 0.138 e. The molecule has 0 aromatic carbocycles. The van der Waals surface area contributed by atoms with E-state index in [0.717, 1.165) is 37.2 Å². The van der Waals surface area contributed by atoms with Crippen molar-refractivity contribution in [3.63, 3.8) is 0 Å². The van der Waals surface area contributed by atoms with Gasteiger partial charge in [-0.05, 0) is 40.5 Å². The van der Waals surface area contributed by atoms with E-state index < -0.39 is 0 Å². The quantitative estimate of drug-likeness (QED) is 0.515. The average molecular weight is 270 g/mol. The molecule has 0 amide bonds. The van der Waals surface area contributed by atoms with Gasteiger partial charge in [-0.15, -0.1) is 0 Å². The summed E-state index contributed by atoms with van der Waals surface area (Å²) in [5, 5.41) is 0. The van der Waals surface area contributed by atoms with Crippen LogP contribution in [0.4, 0.5) is 0 Å². The highest BCUT2D eigenvalue weighted by Crippen LogP contribution is 2.17. The summed E-state index contributed by atoms with van der Waals surface area (Å²) in [5.74, 6) is 1.73. The van der Waals surface area contributed by atoms with Crippen molar-refractivity contribution in [2.45, 2.75) is 79.4 Å². The molecule has 0 atom stereocenters. The first-order valence-electron chi connectivity index (χ1n) is 7.36. The van der Waals surface area contributed by atoms with Crippen LogP contribution in [0.25, 0.3) is 0 Å². The first-order chi connectivity index (χ1) is 8.99. The average Bonchev–Trinajstić information content (AvgIpc) is 2.33. The van der Waals surface area contributed by atoms with Crippen LogP contribution in [0.3, 0.4) is 0 Å². The Balaban J connectivity index is 4.63. The second kappa shape index (κ2) is 10.8. The van der Waals surface area contributed by atoms with Gasteiger partial charge in [0.05, 0.1) is 12.2 Å². The van der Waals surface area contributed by atoms with Gasteiger partial charge in [0.2, 0.25) is 0 Å². The van der Waals surface area contributed by atoms with E-state index >= 15 is 0 Å². The highest BCUT2D eigenvalue weighted by molar-refractivity contribution is 4.98. The largest absolute Gasteiger partial charge is 0.495 e. The summed E-state index contributed by atoms with van der Waals surface area (Å²) in [5.41, 5.74) is 0. The fraction of sp³-hybridized carbons (Fsp3) is 0.750. The number of hydrogen-bond donors (Lipinski definition) is 0. The van der Waals surface area contributed by atoms with Crippen LogP contribution in [-0.4, -0.2) is 12.2 Å². The van der Waals surface area contributed by atoms with Crippen molar-refractivity contribution in [2.75, 3.05) is 0 Å². The zero-order valence-corrected chi connectivity index (χ0v) is 13.4. The van der Waals surface area contributed by atoms with Gasteiger partial charge < -0.3 is 14.2 Å². The lowest BCUT2D eigenvalue weighted by molar-refractivity contribution is 0.140. The molecule has 0 aromatic heterocycles. The van der Waals surface area contributed by atoms with Gasteiger partial charge in [-0.3, -0.25) is 0 Å². The van der Waals surface area contributed by atoms with Crippen LogP contribution in [0.1, 0.15) is 67.2 Å². The van der Waals surface area contributed by atoms with Crippen molar-refractivity contribution in [1.29, 1.82) is 0 Å². The Morgan fingerprint density at radius 1 is 0.789 bits per heavy atom. The van der Waals surface area contributed by atoms with Gasteiger partial charge in [-0.25, -0.2) is 0 Å². The summed E-state index contributed by atoms with van der Waals surface area (Å²) in [6.45, 7) is 12.3. The van der Waals surface area contributed by atoms with E-state index in [9.17, 15) is 0 Å². The van der Waals surface area contributed by atoms with Gasteiger partial charge in [0.25, 0.3) is 0 Å². The number of rotatable bonds is 10. The molecule has 3 heteroatoms. The lowest BCUT2D eigenvalue weighted by Gasteiger charge is -2.14. The van der Waals surface area contributed by atoms with Crippen molar-refractivity contribution >= 4 is 0 Å². The van der Waals surface area contributed by atoms with Gasteiger partial charge >= 0.3 is 0 Å². The molecule has 0 aromatic rings. The molecule has 0 saturated heterocycles. The lowest BCUT2D eigenvalue weighted by Crippen LogP contribution is -2.02. The van der Waals surface area contributed by atoms with Gasteiger partial charge in [-0.1, -0.05) is 13.8 Å². The normalized spacial score (nSPS) is 13.1. The summed E-state index contributed by atoms with van der Waals surface area (Å²) < 4.78 is 16.9. The van der Waals surface area contributed by atoms with Crippen molar-refractivity contribution in [2.24, 2.45) is 0 Å². The van der Waals surface area contributed by atoms with E-state index in [4.69, 9.17) is 14.2 Å². The standard InChI is InChI=1S/C16H30O3/c1-7-9-15(11-17-13(3)4)19-16(10-8-2)12-18-14(5)6/h11-14H,7-10H2,1-6H3. The van der Waals surface area contributed by atoms with E-state index in [-0.39, 0.29) is 12.2 Å². The minimum absolute atomic E-state index is 0.168. The summed E-state index contributed by atoms with van der Waals surface area (Å²) in [6, 6.07) is 0. The third kappa shape index (κ3) is 10.5. The minimum Gasteiger partial charge on any atom is -0.495 e. The minimum atomic E-state index is 0.168. The fourth-order valence-corrected chi connectivity index (χ4v) is 1.35. The van der Waals surface area contributed by atoms with E-state index in [0.29, 0.717) is 0 Å². The zero-order chi connectivity index (χ0) is 14.7. The predicted octanol–water partition coefficient (Wildman–Crippen LogP) is 5.14. The van der Waals surface area contributed by atoms with E-state index in [1.807, 2.05) is 27.7 Å². The van der Waals surface area contributed by atoms with Crippen LogP contribution in [0, 0.1) is 0 Å². The molecule has 0 N–H and O–H groups in total. The SMILES string of the molecule is CCCC(=COC(C)C)OC(=COC(C)C)CCC. The second-order valence-corrected chi connectivity index (χ2v) is 5.14. The highest BCUT2D eigenvalue weighted by Gasteiger charge is 2.05. The van der Waals surface area contributed by atoms with Crippen molar-refractivity contribution < 1.29 is 14.2 Å². The van der Waals surface area contributed by atoms with Gasteiger partial charge in [0.1, 0.15) is 24.0 Å². The monoisotopic (exact) mass is 270 g/mol. The first-order valence-corrected chi connectivity index (χ1v) is 7.36. The Kier molecular flexibility index (Phi) is 10.1. The van der Waals surface area contributed by atoms with Gasteiger partial charge in [0, 0.05) is 12.8 Å². The molecule has 0 rings (SSSR count). The van der Waals surface area contributed by atoms with E-state index in [2.05, 4.69) is 13.8 Å². The Morgan fingerprint density at radius 3 is 1.42 bits per heavy atom. The first kappa shape index (κ1) is 17.9. The van der Waals surface area contributed by atoms with E-state index in [1.54, 1.807) is 12.5 Å². The van der Waals surface area contributed by atoms with Crippen LogP contribution in [-0.2, 0) is 14.2 Å². The topological polar surface area (TPSA) is 27.7 Å². The number of ether oxygens (including phenoxy) is 3.